The lowest BCUT2D eigenvalue weighted by atomic mass is 9.81. The molecule has 0 unspecified atom stereocenters. The van der Waals surface area contributed by atoms with Crippen molar-refractivity contribution in [1.82, 2.24) is 24.5 Å². The Labute approximate surface area is 193 Å². The molecule has 1 saturated heterocycles. The van der Waals surface area contributed by atoms with E-state index in [2.05, 4.69) is 5.10 Å². The van der Waals surface area contributed by atoms with Crippen LogP contribution in [0.4, 0.5) is 13.2 Å². The molecule has 0 radical (unpaired) electrons. The van der Waals surface area contributed by atoms with Crippen molar-refractivity contribution in [2.75, 3.05) is 0 Å². The zero-order valence-corrected chi connectivity index (χ0v) is 18.7. The average Bonchev–Trinajstić information content (AvgIpc) is 3.31. The Bertz CT molecular complexity index is 1450. The highest BCUT2D eigenvalue weighted by atomic mass is 19.2. The summed E-state index contributed by atoms with van der Waals surface area (Å²) in [5.41, 5.74) is 3.69. The third-order valence-electron chi connectivity index (χ3n) is 7.11. The van der Waals surface area contributed by atoms with Gasteiger partial charge in [-0.2, -0.15) is 10.2 Å². The molecule has 174 valence electrons. The number of fused-ring (bicyclic) bond motifs is 5. The van der Waals surface area contributed by atoms with E-state index in [-0.39, 0.29) is 23.6 Å². The molecule has 0 spiro atoms. The highest BCUT2D eigenvalue weighted by Gasteiger charge is 2.44. The van der Waals surface area contributed by atoms with Crippen LogP contribution in [0.3, 0.4) is 0 Å². The molecule has 2 aliphatic heterocycles. The van der Waals surface area contributed by atoms with Gasteiger partial charge in [0, 0.05) is 36.7 Å². The molecule has 6 nitrogen and oxygen atoms in total. The Hall–Kier alpha value is -3.62. The van der Waals surface area contributed by atoms with E-state index in [4.69, 9.17) is 5.10 Å². The van der Waals surface area contributed by atoms with Crippen LogP contribution in [0.2, 0.25) is 0 Å². The van der Waals surface area contributed by atoms with Crippen LogP contribution in [-0.4, -0.2) is 36.4 Å². The molecular weight excluding hydrogens is 443 g/mol. The largest absolute Gasteiger partial charge is 0.325 e. The number of carbonyl (C=O) groups is 1. The molecule has 1 amide bonds. The van der Waals surface area contributed by atoms with Gasteiger partial charge < -0.3 is 4.90 Å². The van der Waals surface area contributed by atoms with Gasteiger partial charge in [0.1, 0.15) is 5.69 Å². The Kier molecular flexibility index (Phi) is 4.59. The molecule has 1 fully saturated rings. The van der Waals surface area contributed by atoms with Gasteiger partial charge in [0.25, 0.3) is 5.91 Å². The van der Waals surface area contributed by atoms with Crippen LogP contribution in [0.5, 0.6) is 0 Å². The molecule has 2 aliphatic rings. The first kappa shape index (κ1) is 20.9. The third kappa shape index (κ3) is 2.92. The first-order chi connectivity index (χ1) is 16.3. The van der Waals surface area contributed by atoms with Gasteiger partial charge in [-0.15, -0.1) is 0 Å². The average molecular weight is 465 g/mol. The molecule has 2 aromatic heterocycles. The minimum absolute atomic E-state index is 0.0782. The number of aryl methyl sites for hydroxylation is 2. The standard InChI is InChI=1S/C25H22F3N5O/c1-31-23(13-10-17(26)21(28)18(27)11-13)16-12-14-6-5-9-20(22(16)30-31)33(14)25(34)24-15-7-3-4-8-19(15)29-32(24)2/h3-4,7-8,10-11,14,20H,5-6,9,12H2,1-2H3/t14-,20+/m0/s1. The molecule has 0 saturated carbocycles. The van der Waals surface area contributed by atoms with Crippen LogP contribution < -0.4 is 0 Å². The number of amides is 1. The zero-order valence-electron chi connectivity index (χ0n) is 18.7. The second kappa shape index (κ2) is 7.44. The van der Waals surface area contributed by atoms with Crippen LogP contribution in [0, 0.1) is 17.5 Å². The number of rotatable bonds is 2. The number of nitrogens with zero attached hydrogens (tertiary/aromatic N) is 5. The van der Waals surface area contributed by atoms with Crippen molar-refractivity contribution < 1.29 is 18.0 Å². The molecule has 4 aromatic rings. The Morgan fingerprint density at radius 2 is 1.74 bits per heavy atom. The van der Waals surface area contributed by atoms with E-state index in [0.29, 0.717) is 17.8 Å². The summed E-state index contributed by atoms with van der Waals surface area (Å²) >= 11 is 0. The minimum Gasteiger partial charge on any atom is -0.325 e. The highest BCUT2D eigenvalue weighted by Crippen LogP contribution is 2.45. The first-order valence-corrected chi connectivity index (χ1v) is 11.3. The van der Waals surface area contributed by atoms with E-state index in [0.717, 1.165) is 53.6 Å². The summed E-state index contributed by atoms with van der Waals surface area (Å²) in [7, 11) is 3.48. The van der Waals surface area contributed by atoms with Crippen molar-refractivity contribution in [3.05, 3.63) is 70.8 Å². The predicted octanol–water partition coefficient (Wildman–Crippen LogP) is 4.68. The van der Waals surface area contributed by atoms with Gasteiger partial charge in [0.2, 0.25) is 0 Å². The topological polar surface area (TPSA) is 56.0 Å². The van der Waals surface area contributed by atoms with E-state index in [1.165, 1.54) is 0 Å². The van der Waals surface area contributed by atoms with Gasteiger partial charge in [0.05, 0.1) is 22.9 Å². The number of piperidine rings is 1. The van der Waals surface area contributed by atoms with Crippen molar-refractivity contribution in [3.8, 4) is 11.3 Å². The number of hydrogen-bond acceptors (Lipinski definition) is 3. The molecule has 34 heavy (non-hydrogen) atoms. The van der Waals surface area contributed by atoms with E-state index in [1.54, 1.807) is 23.5 Å². The fourth-order valence-electron chi connectivity index (χ4n) is 5.73. The number of hydrogen-bond donors (Lipinski definition) is 0. The lowest BCUT2D eigenvalue weighted by molar-refractivity contribution is 0.0383. The normalized spacial score (nSPS) is 19.5. The Balaban J connectivity index is 1.46. The van der Waals surface area contributed by atoms with E-state index < -0.39 is 17.5 Å². The van der Waals surface area contributed by atoms with E-state index in [1.807, 2.05) is 29.2 Å². The molecule has 2 atom stereocenters. The summed E-state index contributed by atoms with van der Waals surface area (Å²) < 4.78 is 44.8. The molecule has 2 bridgehead atoms. The van der Waals surface area contributed by atoms with Crippen LogP contribution >= 0.6 is 0 Å². The van der Waals surface area contributed by atoms with Gasteiger partial charge in [-0.3, -0.25) is 14.2 Å². The quantitative estimate of drug-likeness (QED) is 0.404. The fourth-order valence-corrected chi connectivity index (χ4v) is 5.73. The molecule has 6 rings (SSSR count). The van der Waals surface area contributed by atoms with Gasteiger partial charge >= 0.3 is 0 Å². The SMILES string of the molecule is Cn1nc2c(c1-c1cc(F)c(F)c(F)c1)C[C@@H]1CCC[C@H]2N1C(=O)c1c2ccccc2nn1C. The number of benzene rings is 2. The lowest BCUT2D eigenvalue weighted by Gasteiger charge is -2.45. The Morgan fingerprint density at radius 1 is 1.00 bits per heavy atom. The van der Waals surface area contributed by atoms with Crippen molar-refractivity contribution in [2.24, 2.45) is 14.1 Å². The maximum absolute atomic E-state index is 14.0. The molecule has 2 aromatic carbocycles. The zero-order chi connectivity index (χ0) is 23.7. The van der Waals surface area contributed by atoms with Crippen molar-refractivity contribution in [1.29, 1.82) is 0 Å². The lowest BCUT2D eigenvalue weighted by Crippen LogP contribution is -2.50. The second-order valence-corrected chi connectivity index (χ2v) is 9.10. The van der Waals surface area contributed by atoms with Crippen LogP contribution in [0.15, 0.2) is 36.4 Å². The van der Waals surface area contributed by atoms with Crippen LogP contribution in [0.25, 0.3) is 22.2 Å². The summed E-state index contributed by atoms with van der Waals surface area (Å²) in [6.07, 6.45) is 3.03. The van der Waals surface area contributed by atoms with Gasteiger partial charge in [-0.25, -0.2) is 13.2 Å². The maximum Gasteiger partial charge on any atom is 0.273 e. The summed E-state index contributed by atoms with van der Waals surface area (Å²) in [5, 5.41) is 9.99. The first-order valence-electron chi connectivity index (χ1n) is 11.3. The maximum atomic E-state index is 14.0. The summed E-state index contributed by atoms with van der Waals surface area (Å²) in [6, 6.07) is 9.24. The highest BCUT2D eigenvalue weighted by molar-refractivity contribution is 6.05. The summed E-state index contributed by atoms with van der Waals surface area (Å²) in [5.74, 6) is -4.05. The number of aromatic nitrogens is 4. The molecule has 4 heterocycles. The summed E-state index contributed by atoms with van der Waals surface area (Å²) in [6.45, 7) is 0. The van der Waals surface area contributed by atoms with Crippen LogP contribution in [0.1, 0.15) is 47.1 Å². The Morgan fingerprint density at radius 3 is 2.50 bits per heavy atom. The van der Waals surface area contributed by atoms with Crippen molar-refractivity contribution in [2.45, 2.75) is 37.8 Å². The molecule has 9 heteroatoms. The fraction of sp³-hybridized carbons (Fsp3) is 0.320. The van der Waals surface area contributed by atoms with Crippen molar-refractivity contribution >= 4 is 16.8 Å². The van der Waals surface area contributed by atoms with E-state index >= 15 is 0 Å². The van der Waals surface area contributed by atoms with Gasteiger partial charge in [-0.1, -0.05) is 18.2 Å². The predicted molar refractivity (Wildman–Crippen MR) is 119 cm³/mol. The minimum atomic E-state index is -1.49. The monoisotopic (exact) mass is 465 g/mol. The number of halogens is 3. The molecule has 0 N–H and O–H groups in total. The second-order valence-electron chi connectivity index (χ2n) is 9.10. The van der Waals surface area contributed by atoms with Crippen LogP contribution in [-0.2, 0) is 20.5 Å². The van der Waals surface area contributed by atoms with Gasteiger partial charge in [-0.05, 0) is 43.9 Å². The molecule has 0 aliphatic carbocycles. The molecular formula is C25H22F3N5O. The summed E-state index contributed by atoms with van der Waals surface area (Å²) in [4.78, 5) is 15.8. The van der Waals surface area contributed by atoms with E-state index in [9.17, 15) is 18.0 Å². The third-order valence-corrected chi connectivity index (χ3v) is 7.11. The van der Waals surface area contributed by atoms with Crippen molar-refractivity contribution in [3.63, 3.8) is 0 Å². The smallest absolute Gasteiger partial charge is 0.273 e. The van der Waals surface area contributed by atoms with Gasteiger partial charge in [0.15, 0.2) is 17.5 Å². The number of carbonyl (C=O) groups excluding carboxylic acids is 1.